The largest absolute Gasteiger partial charge is 0.481 e. The first-order valence-corrected chi connectivity index (χ1v) is 9.62. The zero-order chi connectivity index (χ0) is 19.4. The SMILES string of the molecule is COC(=O)/C(=C\CCCCCCCCc1ccc(Cl)cc1Cl)CC(=O)O. The summed E-state index contributed by atoms with van der Waals surface area (Å²) >= 11 is 12.0. The monoisotopic (exact) mass is 400 g/mol. The van der Waals surface area contributed by atoms with Crippen LogP contribution in [0.4, 0.5) is 0 Å². The third-order valence-corrected chi connectivity index (χ3v) is 4.68. The zero-order valence-electron chi connectivity index (χ0n) is 15.1. The molecule has 0 amide bonds. The Morgan fingerprint density at radius 2 is 1.73 bits per heavy atom. The molecule has 0 fully saturated rings. The summed E-state index contributed by atoms with van der Waals surface area (Å²) in [6.07, 6.45) is 9.52. The van der Waals surface area contributed by atoms with Gasteiger partial charge < -0.3 is 9.84 Å². The number of benzene rings is 1. The second-order valence-electron chi connectivity index (χ2n) is 6.19. The first kappa shape index (κ1) is 22.5. The van der Waals surface area contributed by atoms with Crippen molar-refractivity contribution in [2.45, 2.75) is 57.8 Å². The van der Waals surface area contributed by atoms with Gasteiger partial charge in [0, 0.05) is 15.6 Å². The van der Waals surface area contributed by atoms with Gasteiger partial charge in [-0.15, -0.1) is 0 Å². The molecule has 26 heavy (non-hydrogen) atoms. The molecule has 4 nitrogen and oxygen atoms in total. The molecule has 0 atom stereocenters. The van der Waals surface area contributed by atoms with E-state index in [2.05, 4.69) is 4.74 Å². The van der Waals surface area contributed by atoms with Gasteiger partial charge in [-0.05, 0) is 43.4 Å². The predicted molar refractivity (Wildman–Crippen MR) is 105 cm³/mol. The molecule has 1 rings (SSSR count). The molecule has 0 radical (unpaired) electrons. The van der Waals surface area contributed by atoms with Crippen molar-refractivity contribution in [2.24, 2.45) is 0 Å². The minimum absolute atomic E-state index is 0.222. The van der Waals surface area contributed by atoms with E-state index in [1.807, 2.05) is 12.1 Å². The summed E-state index contributed by atoms with van der Waals surface area (Å²) in [6, 6.07) is 5.62. The van der Waals surface area contributed by atoms with Gasteiger partial charge in [-0.1, -0.05) is 61.0 Å². The van der Waals surface area contributed by atoms with Gasteiger partial charge in [0.1, 0.15) is 0 Å². The van der Waals surface area contributed by atoms with Crippen LogP contribution in [0.2, 0.25) is 10.0 Å². The van der Waals surface area contributed by atoms with Crippen LogP contribution in [-0.2, 0) is 20.7 Å². The van der Waals surface area contributed by atoms with Gasteiger partial charge in [0.25, 0.3) is 0 Å². The van der Waals surface area contributed by atoms with E-state index >= 15 is 0 Å². The normalized spacial score (nSPS) is 11.4. The highest BCUT2D eigenvalue weighted by Gasteiger charge is 2.12. The fourth-order valence-corrected chi connectivity index (χ4v) is 3.19. The highest BCUT2D eigenvalue weighted by atomic mass is 35.5. The quantitative estimate of drug-likeness (QED) is 0.271. The van der Waals surface area contributed by atoms with Gasteiger partial charge in [-0.3, -0.25) is 4.79 Å². The average molecular weight is 401 g/mol. The van der Waals surface area contributed by atoms with Crippen molar-refractivity contribution in [3.8, 4) is 0 Å². The van der Waals surface area contributed by atoms with Crippen LogP contribution in [0.1, 0.15) is 56.9 Å². The van der Waals surface area contributed by atoms with Crippen LogP contribution in [0.3, 0.4) is 0 Å². The van der Waals surface area contributed by atoms with E-state index in [4.69, 9.17) is 28.3 Å². The molecule has 0 saturated carbocycles. The number of unbranched alkanes of at least 4 members (excludes halogenated alkanes) is 6. The van der Waals surface area contributed by atoms with E-state index in [9.17, 15) is 9.59 Å². The third kappa shape index (κ3) is 9.25. The molecule has 0 aliphatic heterocycles. The number of rotatable bonds is 12. The van der Waals surface area contributed by atoms with Crippen molar-refractivity contribution in [1.29, 1.82) is 0 Å². The number of carbonyl (C=O) groups excluding carboxylic acids is 1. The van der Waals surface area contributed by atoms with Crippen molar-refractivity contribution in [1.82, 2.24) is 0 Å². The van der Waals surface area contributed by atoms with E-state index in [0.717, 1.165) is 55.5 Å². The summed E-state index contributed by atoms with van der Waals surface area (Å²) in [4.78, 5) is 22.2. The maximum atomic E-state index is 11.5. The van der Waals surface area contributed by atoms with E-state index in [1.165, 1.54) is 7.11 Å². The van der Waals surface area contributed by atoms with Crippen LogP contribution in [0.5, 0.6) is 0 Å². The van der Waals surface area contributed by atoms with Crippen molar-refractivity contribution >= 4 is 35.1 Å². The summed E-state index contributed by atoms with van der Waals surface area (Å²) in [6.45, 7) is 0. The summed E-state index contributed by atoms with van der Waals surface area (Å²) in [5.74, 6) is -1.59. The van der Waals surface area contributed by atoms with Crippen molar-refractivity contribution in [2.75, 3.05) is 7.11 Å². The predicted octanol–water partition coefficient (Wildman–Crippen LogP) is 5.84. The number of esters is 1. The molecule has 6 heteroatoms. The second kappa shape index (κ2) is 12.8. The summed E-state index contributed by atoms with van der Waals surface area (Å²) in [7, 11) is 1.26. The number of methoxy groups -OCH3 is 1. The highest BCUT2D eigenvalue weighted by Crippen LogP contribution is 2.23. The number of hydrogen-bond acceptors (Lipinski definition) is 3. The van der Waals surface area contributed by atoms with Crippen LogP contribution in [0, 0.1) is 0 Å². The molecule has 1 aromatic carbocycles. The summed E-state index contributed by atoms with van der Waals surface area (Å²) < 4.78 is 4.60. The Kier molecular flexibility index (Phi) is 11.1. The Bertz CT molecular complexity index is 626. The molecule has 0 unspecified atom stereocenters. The van der Waals surface area contributed by atoms with Crippen molar-refractivity contribution < 1.29 is 19.4 Å². The molecule has 0 aromatic heterocycles. The number of carbonyl (C=O) groups is 2. The number of carboxylic acids is 1. The lowest BCUT2D eigenvalue weighted by atomic mass is 10.0. The molecular weight excluding hydrogens is 375 g/mol. The second-order valence-corrected chi connectivity index (χ2v) is 7.03. The number of aliphatic carboxylic acids is 1. The molecule has 0 heterocycles. The standard InChI is InChI=1S/C20H26Cl2O4/c1-26-20(25)16(13-19(23)24)10-8-6-4-2-3-5-7-9-15-11-12-17(21)14-18(15)22/h10-12,14H,2-9,13H2,1H3,(H,23,24)/b16-10-. The van der Waals surface area contributed by atoms with Gasteiger partial charge in [0.2, 0.25) is 0 Å². The lowest BCUT2D eigenvalue weighted by Crippen LogP contribution is -2.09. The fourth-order valence-electron chi connectivity index (χ4n) is 2.69. The highest BCUT2D eigenvalue weighted by molar-refractivity contribution is 6.35. The molecule has 144 valence electrons. The average Bonchev–Trinajstić information content (AvgIpc) is 2.59. The van der Waals surface area contributed by atoms with Crippen molar-refractivity contribution in [3.05, 3.63) is 45.5 Å². The Balaban J connectivity index is 2.15. The maximum absolute atomic E-state index is 11.5. The number of allylic oxidation sites excluding steroid dienone is 1. The molecule has 1 N–H and O–H groups in total. The van der Waals surface area contributed by atoms with Crippen LogP contribution in [0.15, 0.2) is 29.8 Å². The lowest BCUT2D eigenvalue weighted by Gasteiger charge is -2.05. The van der Waals surface area contributed by atoms with E-state index in [-0.39, 0.29) is 12.0 Å². The van der Waals surface area contributed by atoms with E-state index < -0.39 is 11.9 Å². The molecule has 0 spiro atoms. The smallest absolute Gasteiger partial charge is 0.333 e. The maximum Gasteiger partial charge on any atom is 0.333 e. The van der Waals surface area contributed by atoms with Gasteiger partial charge in [0.15, 0.2) is 0 Å². The van der Waals surface area contributed by atoms with Gasteiger partial charge >= 0.3 is 11.9 Å². The summed E-state index contributed by atoms with van der Waals surface area (Å²) in [5, 5.41) is 10.2. The van der Waals surface area contributed by atoms with Gasteiger partial charge in [-0.25, -0.2) is 4.79 Å². The third-order valence-electron chi connectivity index (χ3n) is 4.10. The lowest BCUT2D eigenvalue weighted by molar-refractivity contribution is -0.141. The number of ether oxygens (including phenoxy) is 1. The minimum atomic E-state index is -1.03. The van der Waals surface area contributed by atoms with Crippen molar-refractivity contribution in [3.63, 3.8) is 0 Å². The molecule has 1 aromatic rings. The number of aryl methyl sites for hydroxylation is 1. The fraction of sp³-hybridized carbons (Fsp3) is 0.500. The number of halogens is 2. The summed E-state index contributed by atoms with van der Waals surface area (Å²) in [5.41, 5.74) is 1.36. The molecule has 0 bridgehead atoms. The van der Waals surface area contributed by atoms with E-state index in [1.54, 1.807) is 12.1 Å². The van der Waals surface area contributed by atoms with Gasteiger partial charge in [0.05, 0.1) is 13.5 Å². The van der Waals surface area contributed by atoms with Crippen LogP contribution >= 0.6 is 23.2 Å². The Morgan fingerprint density at radius 1 is 1.08 bits per heavy atom. The minimum Gasteiger partial charge on any atom is -0.481 e. The van der Waals surface area contributed by atoms with E-state index in [0.29, 0.717) is 11.4 Å². The Morgan fingerprint density at radius 3 is 2.35 bits per heavy atom. The topological polar surface area (TPSA) is 63.6 Å². The molecule has 0 saturated heterocycles. The number of carboxylic acid groups (broad SMARTS) is 1. The molecule has 0 aliphatic rings. The Hall–Kier alpha value is -1.52. The number of hydrogen-bond donors (Lipinski definition) is 1. The first-order chi connectivity index (χ1) is 12.4. The van der Waals surface area contributed by atoms with Gasteiger partial charge in [-0.2, -0.15) is 0 Å². The molecular formula is C20H26Cl2O4. The molecule has 0 aliphatic carbocycles. The first-order valence-electron chi connectivity index (χ1n) is 8.87. The Labute approximate surface area is 165 Å². The zero-order valence-corrected chi connectivity index (χ0v) is 16.6. The van der Waals surface area contributed by atoms with Crippen LogP contribution < -0.4 is 0 Å². The van der Waals surface area contributed by atoms with Crippen LogP contribution in [0.25, 0.3) is 0 Å². The van der Waals surface area contributed by atoms with Crippen LogP contribution in [-0.4, -0.2) is 24.2 Å².